The lowest BCUT2D eigenvalue weighted by Gasteiger charge is -2.23. The maximum Gasteiger partial charge on any atom is 0.129 e. The lowest BCUT2D eigenvalue weighted by Crippen LogP contribution is -2.25. The molecule has 0 saturated heterocycles. The van der Waals surface area contributed by atoms with Crippen LogP contribution in [0.4, 0.5) is 15.8 Å². The second-order valence-corrected chi connectivity index (χ2v) is 8.32. The van der Waals surface area contributed by atoms with Gasteiger partial charge in [0.25, 0.3) is 0 Å². The van der Waals surface area contributed by atoms with Gasteiger partial charge in [0.05, 0.1) is 12.2 Å². The quantitative estimate of drug-likeness (QED) is 0.195. The van der Waals surface area contributed by atoms with Crippen molar-refractivity contribution in [2.24, 2.45) is 15.9 Å². The number of halogens is 1. The van der Waals surface area contributed by atoms with E-state index in [2.05, 4.69) is 29.6 Å². The average Bonchev–Trinajstić information content (AvgIpc) is 3.29. The molecule has 4 nitrogen and oxygen atoms in total. The topological polar surface area (TPSA) is 45.0 Å². The number of anilines is 1. The van der Waals surface area contributed by atoms with Crippen LogP contribution in [-0.2, 0) is 4.79 Å². The molecule has 3 rings (SSSR count). The van der Waals surface area contributed by atoms with Gasteiger partial charge in [-0.15, -0.1) is 12.3 Å². The summed E-state index contributed by atoms with van der Waals surface area (Å²) in [5.74, 6) is 3.61. The number of benzene rings is 2. The van der Waals surface area contributed by atoms with Crippen molar-refractivity contribution in [1.29, 1.82) is 0 Å². The van der Waals surface area contributed by atoms with Crippen LogP contribution < -0.4 is 4.90 Å². The molecule has 1 aliphatic rings. The van der Waals surface area contributed by atoms with Gasteiger partial charge < -0.3 is 9.69 Å². The maximum atomic E-state index is 13.5. The normalized spacial score (nSPS) is 15.6. The summed E-state index contributed by atoms with van der Waals surface area (Å²) in [6.07, 6.45) is 10.8. The minimum absolute atomic E-state index is 0.153. The summed E-state index contributed by atoms with van der Waals surface area (Å²) in [7, 11) is 0. The average molecular weight is 444 g/mol. The summed E-state index contributed by atoms with van der Waals surface area (Å²) >= 11 is 0. The number of nitrogens with zero attached hydrogens (tertiary/aromatic N) is 3. The van der Waals surface area contributed by atoms with Gasteiger partial charge in [0.2, 0.25) is 0 Å². The van der Waals surface area contributed by atoms with E-state index >= 15 is 0 Å². The van der Waals surface area contributed by atoms with E-state index in [-0.39, 0.29) is 17.5 Å². The molecule has 33 heavy (non-hydrogen) atoms. The smallest absolute Gasteiger partial charge is 0.129 e. The number of hydrogen-bond donors (Lipinski definition) is 0. The third-order valence-electron chi connectivity index (χ3n) is 5.71. The first kappa shape index (κ1) is 24.1. The molecule has 1 heterocycles. The number of aryl methyl sites for hydroxylation is 1. The van der Waals surface area contributed by atoms with E-state index in [1.807, 2.05) is 17.9 Å². The molecule has 0 spiro atoms. The van der Waals surface area contributed by atoms with E-state index in [0.29, 0.717) is 19.4 Å². The fourth-order valence-electron chi connectivity index (χ4n) is 3.80. The maximum absolute atomic E-state index is 13.5. The summed E-state index contributed by atoms with van der Waals surface area (Å²) in [5.41, 5.74) is 4.70. The van der Waals surface area contributed by atoms with Crippen molar-refractivity contribution in [1.82, 2.24) is 0 Å². The van der Waals surface area contributed by atoms with Crippen molar-refractivity contribution in [3.8, 4) is 12.3 Å². The van der Waals surface area contributed by atoms with Crippen LogP contribution in [0.5, 0.6) is 0 Å². The van der Waals surface area contributed by atoms with Crippen LogP contribution in [0.1, 0.15) is 50.2 Å². The molecule has 5 heteroatoms. The highest BCUT2D eigenvalue weighted by molar-refractivity contribution is 6.04. The molecule has 0 saturated carbocycles. The molecule has 1 unspecified atom stereocenters. The van der Waals surface area contributed by atoms with Crippen molar-refractivity contribution < 1.29 is 9.18 Å². The summed E-state index contributed by atoms with van der Waals surface area (Å²) < 4.78 is 13.5. The van der Waals surface area contributed by atoms with E-state index in [1.165, 1.54) is 12.1 Å². The molecule has 1 aliphatic heterocycles. The van der Waals surface area contributed by atoms with Crippen molar-refractivity contribution in [3.05, 3.63) is 72.2 Å². The Hall–Kier alpha value is -3.52. The third kappa shape index (κ3) is 6.49. The van der Waals surface area contributed by atoms with E-state index in [9.17, 15) is 9.18 Å². The molecule has 0 amide bonds. The van der Waals surface area contributed by atoms with Crippen LogP contribution >= 0.6 is 0 Å². The zero-order chi connectivity index (χ0) is 23.8. The lowest BCUT2D eigenvalue weighted by atomic mass is 10.00. The van der Waals surface area contributed by atoms with E-state index in [1.54, 1.807) is 25.3 Å². The van der Waals surface area contributed by atoms with Gasteiger partial charge in [-0.3, -0.25) is 4.99 Å². The summed E-state index contributed by atoms with van der Waals surface area (Å²) in [4.78, 5) is 22.9. The predicted octanol–water partition coefficient (Wildman–Crippen LogP) is 6.41. The Morgan fingerprint density at radius 2 is 2.00 bits per heavy atom. The Kier molecular flexibility index (Phi) is 8.32. The SMILES string of the molecule is C#CC1CN=C(c2ccc(C)c(/N=C(/CCCCC(C)=O)N(C=C)c3ccc(F)cc3)c2)C1. The molecule has 0 radical (unpaired) electrons. The number of terminal acetylenes is 1. The second-order valence-electron chi connectivity index (χ2n) is 8.32. The first-order valence-corrected chi connectivity index (χ1v) is 11.3. The largest absolute Gasteiger partial charge is 0.306 e. The van der Waals surface area contributed by atoms with Crippen LogP contribution in [0, 0.1) is 31.0 Å². The molecule has 2 aromatic rings. The van der Waals surface area contributed by atoms with Gasteiger partial charge in [0.1, 0.15) is 17.4 Å². The van der Waals surface area contributed by atoms with Crippen LogP contribution in [-0.4, -0.2) is 23.9 Å². The molecule has 170 valence electrons. The van der Waals surface area contributed by atoms with Crippen LogP contribution in [0.3, 0.4) is 0 Å². The number of unbranched alkanes of at least 4 members (excludes halogenated alkanes) is 1. The van der Waals surface area contributed by atoms with Gasteiger partial charge in [-0.1, -0.05) is 18.7 Å². The molecular weight excluding hydrogens is 413 g/mol. The molecule has 0 aromatic heterocycles. The molecule has 0 aliphatic carbocycles. The van der Waals surface area contributed by atoms with Crippen LogP contribution in [0.2, 0.25) is 0 Å². The molecule has 1 atom stereocenters. The number of hydrogen-bond acceptors (Lipinski definition) is 3. The zero-order valence-corrected chi connectivity index (χ0v) is 19.4. The Morgan fingerprint density at radius 1 is 1.27 bits per heavy atom. The van der Waals surface area contributed by atoms with Gasteiger partial charge >= 0.3 is 0 Å². The van der Waals surface area contributed by atoms with Crippen molar-refractivity contribution in [2.45, 2.75) is 46.0 Å². The highest BCUT2D eigenvalue weighted by atomic mass is 19.1. The van der Waals surface area contributed by atoms with Gasteiger partial charge in [0, 0.05) is 42.8 Å². The minimum atomic E-state index is -0.297. The number of Topliss-reactive ketones (excluding diaryl/α,β-unsaturated/α-hetero) is 1. The van der Waals surface area contributed by atoms with Crippen LogP contribution in [0.15, 0.2) is 65.2 Å². The molecule has 0 bridgehead atoms. The summed E-state index contributed by atoms with van der Waals surface area (Å²) in [6.45, 7) is 8.25. The van der Waals surface area contributed by atoms with Gasteiger partial charge in [0.15, 0.2) is 0 Å². The standard InChI is InChI=1S/C28H30FN3O/c1-5-22-17-27(30-19-22)23-12-11-20(3)26(18-23)31-28(10-8-7-9-21(4)33)32(6-2)25-15-13-24(29)14-16-25/h1,6,11-16,18,22H,2,7-10,17,19H2,3-4H3/b31-28-. The third-order valence-corrected chi connectivity index (χ3v) is 5.71. The molecule has 0 fully saturated rings. The molecule has 2 aromatic carbocycles. The summed E-state index contributed by atoms with van der Waals surface area (Å²) in [5, 5.41) is 0. The lowest BCUT2D eigenvalue weighted by molar-refractivity contribution is -0.117. The Bertz CT molecular complexity index is 1110. The van der Waals surface area contributed by atoms with E-state index in [4.69, 9.17) is 11.4 Å². The molecule has 0 N–H and O–H groups in total. The number of carbonyl (C=O) groups excluding carboxylic acids is 1. The van der Waals surface area contributed by atoms with Crippen molar-refractivity contribution >= 4 is 28.7 Å². The second kappa shape index (κ2) is 11.4. The predicted molar refractivity (Wildman–Crippen MR) is 135 cm³/mol. The Labute approximate surface area is 196 Å². The zero-order valence-electron chi connectivity index (χ0n) is 19.4. The minimum Gasteiger partial charge on any atom is -0.306 e. The van der Waals surface area contributed by atoms with Gasteiger partial charge in [-0.05, 0) is 68.1 Å². The first-order chi connectivity index (χ1) is 15.9. The number of amidine groups is 1. The van der Waals surface area contributed by atoms with Crippen molar-refractivity contribution in [3.63, 3.8) is 0 Å². The highest BCUT2D eigenvalue weighted by Crippen LogP contribution is 2.27. The first-order valence-electron chi connectivity index (χ1n) is 11.3. The fraction of sp³-hybridized carbons (Fsp3) is 0.321. The highest BCUT2D eigenvalue weighted by Gasteiger charge is 2.19. The fourth-order valence-corrected chi connectivity index (χ4v) is 3.80. The van der Waals surface area contributed by atoms with Gasteiger partial charge in [-0.2, -0.15) is 0 Å². The number of aliphatic imine (C=N–C) groups is 2. The van der Waals surface area contributed by atoms with Crippen LogP contribution in [0.25, 0.3) is 0 Å². The van der Waals surface area contributed by atoms with Crippen molar-refractivity contribution in [2.75, 3.05) is 11.4 Å². The molecular formula is C28H30FN3O. The summed E-state index contributed by atoms with van der Waals surface area (Å²) in [6, 6.07) is 12.4. The van der Waals surface area contributed by atoms with Gasteiger partial charge in [-0.25, -0.2) is 9.38 Å². The number of ketones is 1. The van der Waals surface area contributed by atoms with E-state index < -0.39 is 0 Å². The Balaban J connectivity index is 1.95. The van der Waals surface area contributed by atoms with E-state index in [0.717, 1.165) is 53.3 Å². The monoisotopic (exact) mass is 443 g/mol. The number of carbonyl (C=O) groups is 1. The number of rotatable bonds is 9. The Morgan fingerprint density at radius 3 is 2.64 bits per heavy atom.